The third kappa shape index (κ3) is 2.78. The monoisotopic (exact) mass is 178 g/mol. The van der Waals surface area contributed by atoms with Crippen molar-refractivity contribution in [3.8, 4) is 5.75 Å². The summed E-state index contributed by atoms with van der Waals surface area (Å²) in [5, 5.41) is 7.23. The van der Waals surface area contributed by atoms with Gasteiger partial charge >= 0.3 is 0 Å². The van der Waals surface area contributed by atoms with Crippen LogP contribution in [0.4, 0.5) is 0 Å². The quantitative estimate of drug-likeness (QED) is 0.545. The average Bonchev–Trinajstić information content (AvgIpc) is 2.15. The molecule has 3 N–H and O–H groups in total. The van der Waals surface area contributed by atoms with E-state index in [0.717, 1.165) is 12.2 Å². The summed E-state index contributed by atoms with van der Waals surface area (Å²) in [4.78, 5) is 0. The first-order chi connectivity index (χ1) is 6.24. The number of rotatable bonds is 4. The highest BCUT2D eigenvalue weighted by molar-refractivity contribution is 5.95. The highest BCUT2D eigenvalue weighted by Gasteiger charge is 1.97. The molecule has 0 aliphatic carbocycles. The molecule has 0 heterocycles. The second-order valence-electron chi connectivity index (χ2n) is 2.79. The number of hydrogen-bond acceptors (Lipinski definition) is 2. The molecule has 0 radical (unpaired) electrons. The molecule has 1 aromatic rings. The van der Waals surface area contributed by atoms with Gasteiger partial charge in [0.2, 0.25) is 0 Å². The molecule has 0 aliphatic rings. The summed E-state index contributed by atoms with van der Waals surface area (Å²) >= 11 is 0. The van der Waals surface area contributed by atoms with Crippen LogP contribution in [0.2, 0.25) is 0 Å². The predicted molar refractivity (Wildman–Crippen MR) is 53.2 cm³/mol. The minimum atomic E-state index is 0.0712. The van der Waals surface area contributed by atoms with Crippen LogP contribution >= 0.6 is 0 Å². The van der Waals surface area contributed by atoms with Crippen molar-refractivity contribution >= 4 is 5.84 Å². The lowest BCUT2D eigenvalue weighted by Crippen LogP contribution is -2.10. The maximum Gasteiger partial charge on any atom is 0.122 e. The van der Waals surface area contributed by atoms with Gasteiger partial charge in [-0.15, -0.1) is 0 Å². The molecule has 1 rings (SSSR count). The lowest BCUT2D eigenvalue weighted by atomic mass is 10.2. The number of nitrogens with two attached hydrogens (primary N) is 1. The molecular formula is C10H14N2O. The third-order valence-corrected chi connectivity index (χ3v) is 1.62. The van der Waals surface area contributed by atoms with Crippen LogP contribution in [0.15, 0.2) is 24.3 Å². The topological polar surface area (TPSA) is 59.1 Å². The van der Waals surface area contributed by atoms with Crippen LogP contribution in [-0.2, 0) is 0 Å². The van der Waals surface area contributed by atoms with Gasteiger partial charge in [-0.05, 0) is 18.6 Å². The summed E-state index contributed by atoms with van der Waals surface area (Å²) in [6, 6.07) is 7.27. The van der Waals surface area contributed by atoms with Crippen LogP contribution in [0.1, 0.15) is 18.9 Å². The molecule has 0 spiro atoms. The van der Waals surface area contributed by atoms with Gasteiger partial charge in [-0.1, -0.05) is 19.1 Å². The van der Waals surface area contributed by atoms with E-state index in [0.29, 0.717) is 12.2 Å². The molecule has 0 atom stereocenters. The fourth-order valence-electron chi connectivity index (χ4n) is 0.973. The smallest absolute Gasteiger partial charge is 0.122 e. The SMILES string of the molecule is CCCOc1cccc(C(=N)N)c1. The third-order valence-electron chi connectivity index (χ3n) is 1.62. The van der Waals surface area contributed by atoms with E-state index in [9.17, 15) is 0 Å². The minimum absolute atomic E-state index is 0.0712. The van der Waals surface area contributed by atoms with Crippen LogP contribution in [0.5, 0.6) is 5.75 Å². The van der Waals surface area contributed by atoms with Crippen molar-refractivity contribution < 1.29 is 4.74 Å². The van der Waals surface area contributed by atoms with Crippen LogP contribution < -0.4 is 10.5 Å². The number of benzene rings is 1. The highest BCUT2D eigenvalue weighted by Crippen LogP contribution is 2.12. The first kappa shape index (κ1) is 9.58. The molecule has 70 valence electrons. The minimum Gasteiger partial charge on any atom is -0.494 e. The molecule has 0 aromatic heterocycles. The molecule has 1 aromatic carbocycles. The van der Waals surface area contributed by atoms with Crippen molar-refractivity contribution in [3.05, 3.63) is 29.8 Å². The van der Waals surface area contributed by atoms with E-state index in [-0.39, 0.29) is 5.84 Å². The predicted octanol–water partition coefficient (Wildman–Crippen LogP) is 1.76. The first-order valence-electron chi connectivity index (χ1n) is 4.31. The van der Waals surface area contributed by atoms with Crippen LogP contribution in [0.25, 0.3) is 0 Å². The van der Waals surface area contributed by atoms with E-state index in [1.807, 2.05) is 12.1 Å². The van der Waals surface area contributed by atoms with Crippen molar-refractivity contribution in [2.24, 2.45) is 5.73 Å². The summed E-state index contributed by atoms with van der Waals surface area (Å²) < 4.78 is 5.39. The molecule has 0 amide bonds. The zero-order valence-electron chi connectivity index (χ0n) is 7.71. The van der Waals surface area contributed by atoms with Crippen LogP contribution in [0, 0.1) is 5.41 Å². The first-order valence-corrected chi connectivity index (χ1v) is 4.31. The van der Waals surface area contributed by atoms with Gasteiger partial charge in [0.25, 0.3) is 0 Å². The van der Waals surface area contributed by atoms with E-state index in [2.05, 4.69) is 6.92 Å². The van der Waals surface area contributed by atoms with Gasteiger partial charge in [0.15, 0.2) is 0 Å². The Labute approximate surface area is 78.0 Å². The number of amidine groups is 1. The Bertz CT molecular complexity index is 297. The molecule has 0 saturated carbocycles. The summed E-state index contributed by atoms with van der Waals surface area (Å²) in [7, 11) is 0. The van der Waals surface area contributed by atoms with E-state index in [1.165, 1.54) is 0 Å². The zero-order valence-corrected chi connectivity index (χ0v) is 7.71. The van der Waals surface area contributed by atoms with Crippen LogP contribution in [0.3, 0.4) is 0 Å². The van der Waals surface area contributed by atoms with Gasteiger partial charge in [0, 0.05) is 5.56 Å². The van der Waals surface area contributed by atoms with E-state index >= 15 is 0 Å². The Morgan fingerprint density at radius 2 is 2.31 bits per heavy atom. The Morgan fingerprint density at radius 3 is 2.92 bits per heavy atom. The highest BCUT2D eigenvalue weighted by atomic mass is 16.5. The Hall–Kier alpha value is -1.51. The summed E-state index contributed by atoms with van der Waals surface area (Å²) in [6.45, 7) is 2.75. The van der Waals surface area contributed by atoms with Crippen molar-refractivity contribution in [2.45, 2.75) is 13.3 Å². The largest absolute Gasteiger partial charge is 0.494 e. The number of ether oxygens (including phenoxy) is 1. The molecule has 0 aliphatic heterocycles. The van der Waals surface area contributed by atoms with E-state index in [1.54, 1.807) is 12.1 Å². The lowest BCUT2D eigenvalue weighted by Gasteiger charge is -2.05. The van der Waals surface area contributed by atoms with E-state index in [4.69, 9.17) is 15.9 Å². The number of hydrogen-bond donors (Lipinski definition) is 2. The van der Waals surface area contributed by atoms with Gasteiger partial charge < -0.3 is 10.5 Å². The fourth-order valence-corrected chi connectivity index (χ4v) is 0.973. The molecule has 13 heavy (non-hydrogen) atoms. The number of nitrogens with one attached hydrogen (secondary N) is 1. The van der Waals surface area contributed by atoms with Crippen molar-refractivity contribution in [1.29, 1.82) is 5.41 Å². The number of nitrogen functional groups attached to an aromatic ring is 1. The van der Waals surface area contributed by atoms with Gasteiger partial charge in [0.1, 0.15) is 11.6 Å². The van der Waals surface area contributed by atoms with E-state index < -0.39 is 0 Å². The molecule has 0 fully saturated rings. The van der Waals surface area contributed by atoms with Crippen LogP contribution in [-0.4, -0.2) is 12.4 Å². The lowest BCUT2D eigenvalue weighted by molar-refractivity contribution is 0.317. The molecule has 3 heteroatoms. The Balaban J connectivity index is 2.73. The maximum atomic E-state index is 7.23. The second-order valence-corrected chi connectivity index (χ2v) is 2.79. The Morgan fingerprint density at radius 1 is 1.54 bits per heavy atom. The van der Waals surface area contributed by atoms with Crippen molar-refractivity contribution in [3.63, 3.8) is 0 Å². The normalized spacial score (nSPS) is 9.62. The fraction of sp³-hybridized carbons (Fsp3) is 0.300. The standard InChI is InChI=1S/C10H14N2O/c1-2-6-13-9-5-3-4-8(7-9)10(11)12/h3-5,7H,2,6H2,1H3,(H3,11,12). The zero-order chi connectivity index (χ0) is 9.68. The summed E-state index contributed by atoms with van der Waals surface area (Å²) in [5.41, 5.74) is 6.04. The molecular weight excluding hydrogens is 164 g/mol. The van der Waals surface area contributed by atoms with Gasteiger partial charge in [0.05, 0.1) is 6.61 Å². The maximum absolute atomic E-state index is 7.23. The van der Waals surface area contributed by atoms with Crippen molar-refractivity contribution in [1.82, 2.24) is 0 Å². The molecule has 3 nitrogen and oxygen atoms in total. The summed E-state index contributed by atoms with van der Waals surface area (Å²) in [6.07, 6.45) is 0.976. The Kier molecular flexibility index (Phi) is 3.31. The average molecular weight is 178 g/mol. The molecule has 0 bridgehead atoms. The van der Waals surface area contributed by atoms with Gasteiger partial charge in [-0.3, -0.25) is 5.41 Å². The summed E-state index contributed by atoms with van der Waals surface area (Å²) in [5.74, 6) is 0.844. The molecule has 0 unspecified atom stereocenters. The van der Waals surface area contributed by atoms with Gasteiger partial charge in [-0.25, -0.2) is 0 Å². The van der Waals surface area contributed by atoms with Gasteiger partial charge in [-0.2, -0.15) is 0 Å². The second kappa shape index (κ2) is 4.50. The van der Waals surface area contributed by atoms with Crippen molar-refractivity contribution in [2.75, 3.05) is 6.61 Å². The molecule has 0 saturated heterocycles.